The van der Waals surface area contributed by atoms with Gasteiger partial charge in [0.1, 0.15) is 0 Å². The Morgan fingerprint density at radius 2 is 1.89 bits per heavy atom. The molecule has 2 aromatic rings. The van der Waals surface area contributed by atoms with Gasteiger partial charge >= 0.3 is 0 Å². The number of nitrogens with one attached hydrogen (secondary N) is 1. The van der Waals surface area contributed by atoms with Crippen molar-refractivity contribution < 1.29 is 0 Å². The van der Waals surface area contributed by atoms with Crippen LogP contribution in [0.15, 0.2) is 24.3 Å². The number of rotatable bonds is 4. The standard InChI is InChI=1S/C16H21ClN2/c1-5-19-12(3)9-14(13(19)4)10-18-16-8-11(2)6-7-15(16)17/h6-9,18H,5,10H2,1-4H3. The molecule has 0 amide bonds. The maximum absolute atomic E-state index is 6.20. The van der Waals surface area contributed by atoms with E-state index in [0.717, 1.165) is 23.8 Å². The molecule has 0 aliphatic carbocycles. The maximum Gasteiger partial charge on any atom is 0.0637 e. The van der Waals surface area contributed by atoms with Gasteiger partial charge in [0.15, 0.2) is 0 Å². The summed E-state index contributed by atoms with van der Waals surface area (Å²) in [5, 5.41) is 4.20. The molecule has 19 heavy (non-hydrogen) atoms. The van der Waals surface area contributed by atoms with E-state index in [9.17, 15) is 0 Å². The molecule has 0 fully saturated rings. The van der Waals surface area contributed by atoms with Crippen molar-refractivity contribution >= 4 is 17.3 Å². The fraction of sp³-hybridized carbons (Fsp3) is 0.375. The first-order chi connectivity index (χ1) is 9.02. The van der Waals surface area contributed by atoms with E-state index in [-0.39, 0.29) is 0 Å². The van der Waals surface area contributed by atoms with Crippen LogP contribution in [0.2, 0.25) is 5.02 Å². The van der Waals surface area contributed by atoms with Crippen LogP contribution in [0.1, 0.15) is 29.4 Å². The lowest BCUT2D eigenvalue weighted by molar-refractivity contribution is 0.715. The van der Waals surface area contributed by atoms with Crippen molar-refractivity contribution in [1.29, 1.82) is 0 Å². The van der Waals surface area contributed by atoms with Gasteiger partial charge in [0.05, 0.1) is 10.7 Å². The van der Waals surface area contributed by atoms with Gasteiger partial charge in [-0.1, -0.05) is 17.7 Å². The number of aromatic nitrogens is 1. The Bertz CT molecular complexity index is 585. The monoisotopic (exact) mass is 276 g/mol. The van der Waals surface area contributed by atoms with Gasteiger partial charge in [-0.3, -0.25) is 0 Å². The van der Waals surface area contributed by atoms with Crippen LogP contribution in [0.3, 0.4) is 0 Å². The summed E-state index contributed by atoms with van der Waals surface area (Å²) in [6, 6.07) is 8.29. The molecule has 0 saturated carbocycles. The molecule has 0 saturated heterocycles. The highest BCUT2D eigenvalue weighted by Crippen LogP contribution is 2.24. The van der Waals surface area contributed by atoms with Crippen molar-refractivity contribution in [2.75, 3.05) is 5.32 Å². The quantitative estimate of drug-likeness (QED) is 0.857. The van der Waals surface area contributed by atoms with Crippen molar-refractivity contribution in [3.8, 4) is 0 Å². The van der Waals surface area contributed by atoms with Crippen LogP contribution in [0.4, 0.5) is 5.69 Å². The zero-order chi connectivity index (χ0) is 14.0. The van der Waals surface area contributed by atoms with Crippen molar-refractivity contribution in [3.63, 3.8) is 0 Å². The second-order valence-corrected chi connectivity index (χ2v) is 5.38. The second kappa shape index (κ2) is 5.70. The number of hydrogen-bond donors (Lipinski definition) is 1. The Morgan fingerprint density at radius 1 is 1.16 bits per heavy atom. The summed E-state index contributed by atoms with van der Waals surface area (Å²) in [6.07, 6.45) is 0. The number of nitrogens with zero attached hydrogens (tertiary/aromatic N) is 1. The van der Waals surface area contributed by atoms with Crippen LogP contribution in [0, 0.1) is 20.8 Å². The molecule has 0 aliphatic heterocycles. The molecule has 2 rings (SSSR count). The summed E-state index contributed by atoms with van der Waals surface area (Å²) in [5.41, 5.74) is 6.19. The molecule has 0 atom stereocenters. The molecule has 0 unspecified atom stereocenters. The Hall–Kier alpha value is -1.41. The summed E-state index contributed by atoms with van der Waals surface area (Å²) in [6.45, 7) is 10.4. The molecular formula is C16H21ClN2. The average molecular weight is 277 g/mol. The zero-order valence-corrected chi connectivity index (χ0v) is 12.8. The summed E-state index contributed by atoms with van der Waals surface area (Å²) in [5.74, 6) is 0. The van der Waals surface area contributed by atoms with Crippen molar-refractivity contribution in [2.24, 2.45) is 0 Å². The smallest absolute Gasteiger partial charge is 0.0637 e. The first-order valence-electron chi connectivity index (χ1n) is 6.68. The van der Waals surface area contributed by atoms with E-state index in [0.29, 0.717) is 0 Å². The van der Waals surface area contributed by atoms with Crippen molar-refractivity contribution in [2.45, 2.75) is 40.8 Å². The van der Waals surface area contributed by atoms with Crippen LogP contribution < -0.4 is 5.32 Å². The van der Waals surface area contributed by atoms with Gasteiger partial charge in [0.25, 0.3) is 0 Å². The van der Waals surface area contributed by atoms with E-state index in [1.54, 1.807) is 0 Å². The van der Waals surface area contributed by atoms with Gasteiger partial charge in [0.2, 0.25) is 0 Å². The highest BCUT2D eigenvalue weighted by molar-refractivity contribution is 6.33. The minimum atomic E-state index is 0.773. The molecule has 0 spiro atoms. The largest absolute Gasteiger partial charge is 0.380 e. The first kappa shape index (κ1) is 14.0. The Balaban J connectivity index is 2.17. The molecule has 1 aromatic heterocycles. The summed E-state index contributed by atoms with van der Waals surface area (Å²) < 4.78 is 2.33. The molecule has 0 aliphatic rings. The van der Waals surface area contributed by atoms with Gasteiger partial charge in [-0.2, -0.15) is 0 Å². The van der Waals surface area contributed by atoms with Gasteiger partial charge in [0, 0.05) is 24.5 Å². The second-order valence-electron chi connectivity index (χ2n) is 4.98. The first-order valence-corrected chi connectivity index (χ1v) is 7.06. The van der Waals surface area contributed by atoms with Crippen molar-refractivity contribution in [1.82, 2.24) is 4.57 Å². The van der Waals surface area contributed by atoms with Crippen LogP contribution in [-0.2, 0) is 13.1 Å². The van der Waals surface area contributed by atoms with E-state index in [1.807, 2.05) is 12.1 Å². The molecular weight excluding hydrogens is 256 g/mol. The molecule has 1 heterocycles. The minimum absolute atomic E-state index is 0.773. The van der Waals surface area contributed by atoms with Crippen molar-refractivity contribution in [3.05, 3.63) is 51.8 Å². The summed E-state index contributed by atoms with van der Waals surface area (Å²) >= 11 is 6.20. The van der Waals surface area contributed by atoms with Crippen LogP contribution >= 0.6 is 11.6 Å². The number of aryl methyl sites for hydroxylation is 2. The van der Waals surface area contributed by atoms with Gasteiger partial charge < -0.3 is 9.88 Å². The van der Waals surface area contributed by atoms with Crippen LogP contribution in [-0.4, -0.2) is 4.57 Å². The van der Waals surface area contributed by atoms with E-state index in [2.05, 4.69) is 49.7 Å². The average Bonchev–Trinajstić information content (AvgIpc) is 2.65. The third-order valence-electron chi connectivity index (χ3n) is 3.59. The third-order valence-corrected chi connectivity index (χ3v) is 3.92. The fourth-order valence-corrected chi connectivity index (χ4v) is 2.69. The summed E-state index contributed by atoms with van der Waals surface area (Å²) in [7, 11) is 0. The SMILES string of the molecule is CCn1c(C)cc(CNc2cc(C)ccc2Cl)c1C. The van der Waals surface area contributed by atoms with E-state index < -0.39 is 0 Å². The third kappa shape index (κ3) is 2.95. The molecule has 1 aromatic carbocycles. The number of hydrogen-bond acceptors (Lipinski definition) is 1. The number of benzene rings is 1. The van der Waals surface area contributed by atoms with Crippen LogP contribution in [0.5, 0.6) is 0 Å². The molecule has 0 bridgehead atoms. The Morgan fingerprint density at radius 3 is 2.53 bits per heavy atom. The van der Waals surface area contributed by atoms with E-state index in [4.69, 9.17) is 11.6 Å². The van der Waals surface area contributed by atoms with Gasteiger partial charge in [-0.25, -0.2) is 0 Å². The Labute approximate surface area is 120 Å². The predicted octanol–water partition coefficient (Wildman–Crippen LogP) is 4.70. The number of halogens is 1. The lowest BCUT2D eigenvalue weighted by Gasteiger charge is -2.10. The van der Waals surface area contributed by atoms with E-state index >= 15 is 0 Å². The molecule has 1 N–H and O–H groups in total. The minimum Gasteiger partial charge on any atom is -0.380 e. The molecule has 102 valence electrons. The lowest BCUT2D eigenvalue weighted by atomic mass is 10.2. The molecule has 3 heteroatoms. The lowest BCUT2D eigenvalue weighted by Crippen LogP contribution is -2.03. The Kier molecular flexibility index (Phi) is 4.20. The highest BCUT2D eigenvalue weighted by atomic mass is 35.5. The fourth-order valence-electron chi connectivity index (χ4n) is 2.50. The van der Waals surface area contributed by atoms with Gasteiger partial charge in [-0.15, -0.1) is 0 Å². The number of anilines is 1. The normalized spacial score (nSPS) is 10.8. The zero-order valence-electron chi connectivity index (χ0n) is 12.0. The predicted molar refractivity (Wildman–Crippen MR) is 83.1 cm³/mol. The summed E-state index contributed by atoms with van der Waals surface area (Å²) in [4.78, 5) is 0. The van der Waals surface area contributed by atoms with Gasteiger partial charge in [-0.05, 0) is 57.0 Å². The highest BCUT2D eigenvalue weighted by Gasteiger charge is 2.08. The van der Waals surface area contributed by atoms with Crippen LogP contribution in [0.25, 0.3) is 0 Å². The molecule has 0 radical (unpaired) electrons. The van der Waals surface area contributed by atoms with E-state index in [1.165, 1.54) is 22.5 Å². The topological polar surface area (TPSA) is 17.0 Å². The maximum atomic E-state index is 6.20. The molecule has 2 nitrogen and oxygen atoms in total.